The van der Waals surface area contributed by atoms with Crippen molar-refractivity contribution in [1.29, 1.82) is 0 Å². The van der Waals surface area contributed by atoms with Crippen LogP contribution in [0, 0.1) is 0 Å². The summed E-state index contributed by atoms with van der Waals surface area (Å²) in [6.07, 6.45) is 4.29. The summed E-state index contributed by atoms with van der Waals surface area (Å²) in [7, 11) is 0. The Morgan fingerprint density at radius 1 is 1.75 bits per heavy atom. The Kier molecular flexibility index (Phi) is 5.42. The highest BCUT2D eigenvalue weighted by molar-refractivity contribution is 8.07. The fourth-order valence-corrected chi connectivity index (χ4v) is 1.68. The van der Waals surface area contributed by atoms with Crippen LogP contribution in [0.3, 0.4) is 0 Å². The average Bonchev–Trinajstić information content (AvgIpc) is 2.01. The molecule has 1 unspecified atom stereocenters. The average molecular weight is 202 g/mol. The van der Waals surface area contributed by atoms with Gasteiger partial charge in [-0.1, -0.05) is 12.2 Å². The van der Waals surface area contributed by atoms with Crippen molar-refractivity contribution < 1.29 is 4.79 Å². The van der Waals surface area contributed by atoms with Crippen LogP contribution in [0.2, 0.25) is 0 Å². The van der Waals surface area contributed by atoms with Gasteiger partial charge in [-0.3, -0.25) is 4.79 Å². The Morgan fingerprint density at radius 3 is 2.67 bits per heavy atom. The molecule has 0 amide bonds. The van der Waals surface area contributed by atoms with E-state index in [1.165, 1.54) is 11.8 Å². The second kappa shape index (κ2) is 5.49. The number of hydrogen-bond acceptors (Lipinski definition) is 2. The Labute approximate surface area is 83.7 Å². The third-order valence-corrected chi connectivity index (χ3v) is 3.38. The Morgan fingerprint density at radius 2 is 2.33 bits per heavy atom. The summed E-state index contributed by atoms with van der Waals surface area (Å²) in [5.41, 5.74) is 0. The van der Waals surface area contributed by atoms with Gasteiger partial charge in [0, 0.05) is 0 Å². The van der Waals surface area contributed by atoms with Crippen molar-refractivity contribution in [3.05, 3.63) is 24.1 Å². The summed E-state index contributed by atoms with van der Waals surface area (Å²) in [6, 6.07) is 0. The summed E-state index contributed by atoms with van der Waals surface area (Å²) in [4.78, 5) is 11.1. The lowest BCUT2D eigenvalue weighted by Gasteiger charge is -2.21. The van der Waals surface area contributed by atoms with Crippen molar-refractivity contribution in [3.63, 3.8) is 0 Å². The van der Waals surface area contributed by atoms with Crippen LogP contribution in [0.25, 0.3) is 0 Å². The predicted molar refractivity (Wildman–Crippen MR) is 59.6 cm³/mol. The molecule has 1 atom stereocenters. The molecule has 1 nitrogen and oxygen atoms in total. The molecule has 0 aliphatic carbocycles. The number of allylic oxidation sites excluding steroid dienone is 2. The number of carbonyl (C=O) groups excluding carboxylic acids is 1. The van der Waals surface area contributed by atoms with E-state index in [1.807, 2.05) is 25.3 Å². The largest absolute Gasteiger partial charge is 0.286 e. The van der Waals surface area contributed by atoms with Crippen molar-refractivity contribution in [2.45, 2.75) is 25.0 Å². The van der Waals surface area contributed by atoms with Crippen LogP contribution in [-0.4, -0.2) is 9.86 Å². The highest BCUT2D eigenvalue weighted by atomic mass is 32.2. The monoisotopic (exact) mass is 202 g/mol. The summed E-state index contributed by atoms with van der Waals surface area (Å²) in [5, 5.41) is 1.79. The molecule has 0 saturated heterocycles. The van der Waals surface area contributed by atoms with E-state index in [4.69, 9.17) is 0 Å². The first kappa shape index (κ1) is 11.8. The minimum Gasteiger partial charge on any atom is -0.286 e. The van der Waals surface area contributed by atoms with Gasteiger partial charge in [0.05, 0.1) is 4.75 Å². The summed E-state index contributed by atoms with van der Waals surface area (Å²) < 4.78 is -0.461. The van der Waals surface area contributed by atoms with E-state index in [0.717, 1.165) is 0 Å². The van der Waals surface area contributed by atoms with Crippen molar-refractivity contribution in [2.24, 2.45) is 0 Å². The van der Waals surface area contributed by atoms with E-state index in [-0.39, 0.29) is 5.12 Å². The van der Waals surface area contributed by atoms with E-state index >= 15 is 0 Å². The number of thiol groups is 1. The van der Waals surface area contributed by atoms with Crippen LogP contribution in [0.1, 0.15) is 20.3 Å². The van der Waals surface area contributed by atoms with Gasteiger partial charge in [-0.05, 0) is 25.7 Å². The molecule has 0 aliphatic heterocycles. The van der Waals surface area contributed by atoms with Crippen molar-refractivity contribution in [1.82, 2.24) is 0 Å². The van der Waals surface area contributed by atoms with Gasteiger partial charge in [0.2, 0.25) is 5.12 Å². The molecular formula is C9H14OS2. The lowest BCUT2D eigenvalue weighted by Crippen LogP contribution is -2.26. The molecule has 0 saturated carbocycles. The van der Waals surface area contributed by atoms with Gasteiger partial charge in [0.1, 0.15) is 0 Å². The minimum absolute atomic E-state index is 0.106. The van der Waals surface area contributed by atoms with Gasteiger partial charge >= 0.3 is 0 Å². The van der Waals surface area contributed by atoms with Crippen LogP contribution >= 0.6 is 24.4 Å². The summed E-state index contributed by atoms with van der Waals surface area (Å²) >= 11 is 5.32. The molecule has 0 N–H and O–H groups in total. The van der Waals surface area contributed by atoms with Crippen molar-refractivity contribution in [3.8, 4) is 0 Å². The SMILES string of the molecule is C=CCC(C)(SC=CC)C(=O)S. The maximum Gasteiger partial charge on any atom is 0.202 e. The maximum absolute atomic E-state index is 11.1. The zero-order chi connectivity index (χ0) is 9.61. The number of carbonyl (C=O) groups is 1. The molecule has 68 valence electrons. The first-order valence-electron chi connectivity index (χ1n) is 3.70. The van der Waals surface area contributed by atoms with Crippen LogP contribution in [0.5, 0.6) is 0 Å². The van der Waals surface area contributed by atoms with Crippen LogP contribution in [0.15, 0.2) is 24.1 Å². The van der Waals surface area contributed by atoms with E-state index in [9.17, 15) is 4.79 Å². The minimum atomic E-state index is -0.461. The van der Waals surface area contributed by atoms with E-state index in [1.54, 1.807) is 6.08 Å². The quantitative estimate of drug-likeness (QED) is 0.545. The molecule has 0 aromatic rings. The highest BCUT2D eigenvalue weighted by Gasteiger charge is 2.28. The number of thioether (sulfide) groups is 1. The molecule has 0 rings (SSSR count). The van der Waals surface area contributed by atoms with Gasteiger partial charge in [-0.15, -0.1) is 31.0 Å². The Balaban J connectivity index is 4.37. The summed E-state index contributed by atoms with van der Waals surface area (Å²) in [6.45, 7) is 7.40. The molecule has 0 aromatic carbocycles. The number of hydrogen-bond donors (Lipinski definition) is 1. The van der Waals surface area contributed by atoms with E-state index in [0.29, 0.717) is 6.42 Å². The van der Waals surface area contributed by atoms with Crippen LogP contribution < -0.4 is 0 Å². The van der Waals surface area contributed by atoms with Crippen LogP contribution in [-0.2, 0) is 4.79 Å². The molecule has 12 heavy (non-hydrogen) atoms. The molecule has 0 aliphatic rings. The van der Waals surface area contributed by atoms with Crippen molar-refractivity contribution >= 4 is 29.5 Å². The summed E-state index contributed by atoms with van der Waals surface area (Å²) in [5.74, 6) is 0. The van der Waals surface area contributed by atoms with Gasteiger partial charge in [0.25, 0.3) is 0 Å². The third kappa shape index (κ3) is 3.50. The Hall–Kier alpha value is -0.150. The standard InChI is InChI=1S/C9H14OS2/c1-4-6-9(3,8(10)11)12-7-5-2/h4-5,7H,1,6H2,2-3H3,(H,10,11). The normalized spacial score (nSPS) is 15.9. The molecule has 0 aromatic heterocycles. The van der Waals surface area contributed by atoms with Gasteiger partial charge in [-0.2, -0.15) is 0 Å². The second-order valence-electron chi connectivity index (χ2n) is 2.62. The predicted octanol–water partition coefficient (Wildman–Crippen LogP) is 3.04. The highest BCUT2D eigenvalue weighted by Crippen LogP contribution is 2.32. The molecule has 3 heteroatoms. The molecular weight excluding hydrogens is 188 g/mol. The molecule has 0 heterocycles. The lowest BCUT2D eigenvalue weighted by atomic mass is 10.1. The van der Waals surface area contributed by atoms with Gasteiger partial charge in [0.15, 0.2) is 0 Å². The van der Waals surface area contributed by atoms with Gasteiger partial charge in [-0.25, -0.2) is 0 Å². The topological polar surface area (TPSA) is 17.1 Å². The van der Waals surface area contributed by atoms with Crippen LogP contribution in [0.4, 0.5) is 0 Å². The Bertz CT molecular complexity index is 199. The zero-order valence-electron chi connectivity index (χ0n) is 7.41. The molecule has 0 radical (unpaired) electrons. The maximum atomic E-state index is 11.1. The van der Waals surface area contributed by atoms with E-state index in [2.05, 4.69) is 19.2 Å². The first-order valence-corrected chi connectivity index (χ1v) is 5.03. The molecule has 0 bridgehead atoms. The second-order valence-corrected chi connectivity index (χ2v) is 4.43. The molecule has 0 fully saturated rings. The van der Waals surface area contributed by atoms with Crippen molar-refractivity contribution in [2.75, 3.05) is 0 Å². The fraction of sp³-hybridized carbons (Fsp3) is 0.444. The smallest absolute Gasteiger partial charge is 0.202 e. The first-order chi connectivity index (χ1) is 5.56. The lowest BCUT2D eigenvalue weighted by molar-refractivity contribution is -0.112. The molecule has 0 spiro atoms. The zero-order valence-corrected chi connectivity index (χ0v) is 9.12. The van der Waals surface area contributed by atoms with Gasteiger partial charge < -0.3 is 0 Å². The third-order valence-electron chi connectivity index (χ3n) is 1.45. The fourth-order valence-electron chi connectivity index (χ4n) is 0.679. The van der Waals surface area contributed by atoms with E-state index < -0.39 is 4.75 Å². The number of rotatable bonds is 5.